The van der Waals surface area contributed by atoms with Gasteiger partial charge in [0.1, 0.15) is 0 Å². The van der Waals surface area contributed by atoms with Crippen molar-refractivity contribution >= 4 is 17.2 Å². The van der Waals surface area contributed by atoms with Crippen LogP contribution >= 0.6 is 11.3 Å². The topological polar surface area (TPSA) is 54.4 Å². The molecule has 3 heterocycles. The number of nitrogens with zero attached hydrogens (tertiary/aromatic N) is 5. The standard InChI is InChI=1S/C16H23N5OS/c1-13-15(23-12-17-13)5-7-21-8-9-22-14(11-21)10-20(2)16-4-3-6-18-19-16/h3-4,6,12,14H,5,7-11H2,1-2H3/t14-/m0/s1. The number of likely N-dealkylation sites (N-methyl/N-ethyl adjacent to an activating group) is 1. The SMILES string of the molecule is Cc1ncsc1CCN1CCO[C@@H](CN(C)c2cccnn2)C1. The van der Waals surface area contributed by atoms with Gasteiger partial charge in [-0.25, -0.2) is 4.98 Å². The predicted octanol–water partition coefficient (Wildman–Crippen LogP) is 1.62. The fraction of sp³-hybridized carbons (Fsp3) is 0.562. The summed E-state index contributed by atoms with van der Waals surface area (Å²) in [5.41, 5.74) is 3.10. The van der Waals surface area contributed by atoms with Gasteiger partial charge >= 0.3 is 0 Å². The summed E-state index contributed by atoms with van der Waals surface area (Å²) in [5, 5.41) is 8.08. The van der Waals surface area contributed by atoms with Crippen molar-refractivity contribution in [2.45, 2.75) is 19.4 Å². The molecule has 3 rings (SSSR count). The summed E-state index contributed by atoms with van der Waals surface area (Å²) in [4.78, 5) is 10.3. The fourth-order valence-corrected chi connectivity index (χ4v) is 3.59. The van der Waals surface area contributed by atoms with E-state index in [9.17, 15) is 0 Å². The number of hydrogen-bond donors (Lipinski definition) is 0. The van der Waals surface area contributed by atoms with Crippen LogP contribution in [0.1, 0.15) is 10.6 Å². The molecule has 0 N–H and O–H groups in total. The number of hydrogen-bond acceptors (Lipinski definition) is 7. The van der Waals surface area contributed by atoms with Gasteiger partial charge in [-0.15, -0.1) is 16.4 Å². The van der Waals surface area contributed by atoms with E-state index in [0.29, 0.717) is 0 Å². The van der Waals surface area contributed by atoms with Gasteiger partial charge in [0.05, 0.1) is 23.9 Å². The highest BCUT2D eigenvalue weighted by molar-refractivity contribution is 7.09. The van der Waals surface area contributed by atoms with Crippen molar-refractivity contribution in [3.05, 3.63) is 34.4 Å². The highest BCUT2D eigenvalue weighted by Gasteiger charge is 2.22. The molecule has 0 spiro atoms. The molecule has 2 aromatic rings. The van der Waals surface area contributed by atoms with Crippen molar-refractivity contribution in [3.63, 3.8) is 0 Å². The number of ether oxygens (including phenoxy) is 1. The van der Waals surface area contributed by atoms with Crippen molar-refractivity contribution in [2.24, 2.45) is 0 Å². The Bertz CT molecular complexity index is 606. The van der Waals surface area contributed by atoms with E-state index in [0.717, 1.165) is 45.0 Å². The molecule has 23 heavy (non-hydrogen) atoms. The van der Waals surface area contributed by atoms with E-state index in [4.69, 9.17) is 4.74 Å². The van der Waals surface area contributed by atoms with E-state index in [2.05, 4.69) is 31.9 Å². The number of thiazole rings is 1. The highest BCUT2D eigenvalue weighted by Crippen LogP contribution is 2.15. The largest absolute Gasteiger partial charge is 0.374 e. The number of anilines is 1. The molecule has 1 saturated heterocycles. The molecule has 1 aliphatic heterocycles. The van der Waals surface area contributed by atoms with Crippen molar-refractivity contribution < 1.29 is 4.74 Å². The third-order valence-corrected chi connectivity index (χ3v) is 5.14. The summed E-state index contributed by atoms with van der Waals surface area (Å²) in [6.45, 7) is 6.74. The lowest BCUT2D eigenvalue weighted by Gasteiger charge is -2.34. The Kier molecular flexibility index (Phi) is 5.53. The van der Waals surface area contributed by atoms with Crippen molar-refractivity contribution in [1.82, 2.24) is 20.1 Å². The van der Waals surface area contributed by atoms with Gasteiger partial charge in [0.15, 0.2) is 5.82 Å². The maximum atomic E-state index is 5.92. The van der Waals surface area contributed by atoms with Gasteiger partial charge in [-0.1, -0.05) is 0 Å². The van der Waals surface area contributed by atoms with Crippen LogP contribution in [0.3, 0.4) is 0 Å². The van der Waals surface area contributed by atoms with E-state index < -0.39 is 0 Å². The zero-order valence-electron chi connectivity index (χ0n) is 13.7. The first-order valence-corrected chi connectivity index (χ1v) is 8.82. The second-order valence-electron chi connectivity index (χ2n) is 5.87. The van der Waals surface area contributed by atoms with Crippen LogP contribution in [0.15, 0.2) is 23.8 Å². The quantitative estimate of drug-likeness (QED) is 0.801. The second-order valence-corrected chi connectivity index (χ2v) is 6.81. The molecule has 0 saturated carbocycles. The van der Waals surface area contributed by atoms with Crippen LogP contribution in [0.5, 0.6) is 0 Å². The lowest BCUT2D eigenvalue weighted by molar-refractivity contribution is -0.0230. The Labute approximate surface area is 141 Å². The molecule has 6 nitrogen and oxygen atoms in total. The summed E-state index contributed by atoms with van der Waals surface area (Å²) in [5.74, 6) is 0.883. The van der Waals surface area contributed by atoms with Crippen LogP contribution in [0, 0.1) is 6.92 Å². The maximum absolute atomic E-state index is 5.92. The third kappa shape index (κ3) is 4.46. The first kappa shape index (κ1) is 16.3. The van der Waals surface area contributed by atoms with Crippen LogP contribution in [-0.2, 0) is 11.2 Å². The minimum Gasteiger partial charge on any atom is -0.374 e. The van der Waals surface area contributed by atoms with Gasteiger partial charge < -0.3 is 9.64 Å². The maximum Gasteiger partial charge on any atom is 0.151 e. The van der Waals surface area contributed by atoms with Gasteiger partial charge in [-0.2, -0.15) is 5.10 Å². The van der Waals surface area contributed by atoms with E-state index in [-0.39, 0.29) is 6.10 Å². The molecule has 1 aliphatic rings. The van der Waals surface area contributed by atoms with Crippen LogP contribution in [-0.4, -0.2) is 66.0 Å². The second kappa shape index (κ2) is 7.81. The van der Waals surface area contributed by atoms with E-state index in [1.54, 1.807) is 17.5 Å². The Morgan fingerprint density at radius 2 is 2.39 bits per heavy atom. The molecule has 0 aliphatic carbocycles. The normalized spacial score (nSPS) is 19.0. The summed E-state index contributed by atoms with van der Waals surface area (Å²) < 4.78 is 5.92. The number of aryl methyl sites for hydroxylation is 1. The van der Waals surface area contributed by atoms with Crippen molar-refractivity contribution in [3.8, 4) is 0 Å². The van der Waals surface area contributed by atoms with E-state index in [1.165, 1.54) is 10.6 Å². The lowest BCUT2D eigenvalue weighted by atomic mass is 10.2. The first-order chi connectivity index (χ1) is 11.2. The summed E-state index contributed by atoms with van der Waals surface area (Å²) in [7, 11) is 2.03. The number of rotatable bonds is 6. The summed E-state index contributed by atoms with van der Waals surface area (Å²) in [6, 6.07) is 3.88. The third-order valence-electron chi connectivity index (χ3n) is 4.15. The van der Waals surface area contributed by atoms with Gasteiger partial charge in [-0.3, -0.25) is 4.90 Å². The summed E-state index contributed by atoms with van der Waals surface area (Å²) >= 11 is 1.75. The van der Waals surface area contributed by atoms with Gasteiger partial charge in [0, 0.05) is 44.3 Å². The molecule has 0 aromatic carbocycles. The smallest absolute Gasteiger partial charge is 0.151 e. The Morgan fingerprint density at radius 3 is 3.13 bits per heavy atom. The van der Waals surface area contributed by atoms with Gasteiger partial charge in [0.2, 0.25) is 0 Å². The van der Waals surface area contributed by atoms with Crippen LogP contribution in [0.4, 0.5) is 5.82 Å². The molecule has 7 heteroatoms. The van der Waals surface area contributed by atoms with Crippen LogP contribution < -0.4 is 4.90 Å². The summed E-state index contributed by atoms with van der Waals surface area (Å²) in [6.07, 6.45) is 2.97. The first-order valence-electron chi connectivity index (χ1n) is 7.94. The number of aromatic nitrogens is 3. The fourth-order valence-electron chi connectivity index (χ4n) is 2.82. The average molecular weight is 333 g/mol. The van der Waals surface area contributed by atoms with Crippen molar-refractivity contribution in [1.29, 1.82) is 0 Å². The predicted molar refractivity (Wildman–Crippen MR) is 92.0 cm³/mol. The molecule has 0 radical (unpaired) electrons. The van der Waals surface area contributed by atoms with Gasteiger partial charge in [0.25, 0.3) is 0 Å². The Balaban J connectivity index is 1.49. The average Bonchev–Trinajstić information content (AvgIpc) is 2.99. The zero-order chi connectivity index (χ0) is 16.1. The molecule has 0 unspecified atom stereocenters. The molecular weight excluding hydrogens is 310 g/mol. The van der Waals surface area contributed by atoms with Crippen LogP contribution in [0.2, 0.25) is 0 Å². The van der Waals surface area contributed by atoms with Crippen molar-refractivity contribution in [2.75, 3.05) is 44.7 Å². The lowest BCUT2D eigenvalue weighted by Crippen LogP contribution is -2.47. The minimum atomic E-state index is 0.207. The highest BCUT2D eigenvalue weighted by atomic mass is 32.1. The zero-order valence-corrected chi connectivity index (χ0v) is 14.5. The number of morpholine rings is 1. The van der Waals surface area contributed by atoms with E-state index in [1.807, 2.05) is 24.7 Å². The molecule has 1 fully saturated rings. The molecule has 1 atom stereocenters. The molecule has 0 amide bonds. The molecule has 2 aromatic heterocycles. The van der Waals surface area contributed by atoms with E-state index >= 15 is 0 Å². The molecule has 0 bridgehead atoms. The Hall–Kier alpha value is -1.57. The Morgan fingerprint density at radius 1 is 1.48 bits per heavy atom. The monoisotopic (exact) mass is 333 g/mol. The van der Waals surface area contributed by atoms with Gasteiger partial charge in [-0.05, 0) is 25.5 Å². The molecule has 124 valence electrons. The van der Waals surface area contributed by atoms with Crippen LogP contribution in [0.25, 0.3) is 0 Å². The molecular formula is C16H23N5OS. The minimum absolute atomic E-state index is 0.207.